The van der Waals surface area contributed by atoms with Gasteiger partial charge in [-0.25, -0.2) is 0 Å². The Morgan fingerprint density at radius 1 is 1.20 bits per heavy atom. The molecule has 102 valence electrons. The molecule has 4 nitrogen and oxygen atoms in total. The van der Waals surface area contributed by atoms with Crippen molar-refractivity contribution in [2.75, 3.05) is 0 Å². The van der Waals surface area contributed by atoms with Crippen molar-refractivity contribution in [3.63, 3.8) is 0 Å². The Morgan fingerprint density at radius 3 is 2.65 bits per heavy atom. The molecule has 2 aromatic carbocycles. The molecule has 0 saturated carbocycles. The number of fused-ring (bicyclic) bond motifs is 1. The molecule has 0 radical (unpaired) electrons. The van der Waals surface area contributed by atoms with Crippen LogP contribution in [0.2, 0.25) is 0 Å². The van der Waals surface area contributed by atoms with Crippen LogP contribution < -0.4 is 5.73 Å². The van der Waals surface area contributed by atoms with Gasteiger partial charge in [-0.2, -0.15) is 0 Å². The van der Waals surface area contributed by atoms with Gasteiger partial charge in [-0.1, -0.05) is 42.5 Å². The Hall–Kier alpha value is -2.20. The maximum absolute atomic E-state index is 11.0. The minimum atomic E-state index is -0.337. The topological polar surface area (TPSA) is 69.2 Å². The van der Waals surface area contributed by atoms with Crippen LogP contribution in [0.1, 0.15) is 22.6 Å². The third-order valence-electron chi connectivity index (χ3n) is 4.06. The lowest BCUT2D eigenvalue weighted by atomic mass is 9.72. The summed E-state index contributed by atoms with van der Waals surface area (Å²) in [4.78, 5) is 10.7. The second kappa shape index (κ2) is 5.06. The molecule has 2 atom stereocenters. The number of rotatable bonds is 4. The predicted octanol–water partition coefficient (Wildman–Crippen LogP) is 2.80. The average Bonchev–Trinajstić information content (AvgIpc) is 2.40. The van der Waals surface area contributed by atoms with Gasteiger partial charge in [0.05, 0.1) is 4.92 Å². The highest BCUT2D eigenvalue weighted by Crippen LogP contribution is 2.38. The monoisotopic (exact) mass is 268 g/mol. The van der Waals surface area contributed by atoms with Crippen LogP contribution in [0.25, 0.3) is 0 Å². The highest BCUT2D eigenvalue weighted by atomic mass is 16.6. The van der Waals surface area contributed by atoms with E-state index < -0.39 is 0 Å². The van der Waals surface area contributed by atoms with Crippen LogP contribution in [0.5, 0.6) is 0 Å². The van der Waals surface area contributed by atoms with Crippen molar-refractivity contribution in [1.82, 2.24) is 0 Å². The van der Waals surface area contributed by atoms with E-state index >= 15 is 0 Å². The minimum Gasteiger partial charge on any atom is -0.327 e. The van der Waals surface area contributed by atoms with Crippen LogP contribution in [0.3, 0.4) is 0 Å². The van der Waals surface area contributed by atoms with Crippen LogP contribution in [0.4, 0.5) is 5.69 Å². The van der Waals surface area contributed by atoms with Crippen molar-refractivity contribution >= 4 is 5.69 Å². The first-order valence-corrected chi connectivity index (χ1v) is 6.72. The molecule has 0 bridgehead atoms. The van der Waals surface area contributed by atoms with Gasteiger partial charge in [0.15, 0.2) is 0 Å². The summed E-state index contributed by atoms with van der Waals surface area (Å²) in [5.41, 5.74) is 9.79. The fourth-order valence-electron chi connectivity index (χ4n) is 2.94. The third-order valence-corrected chi connectivity index (χ3v) is 4.06. The molecule has 0 amide bonds. The van der Waals surface area contributed by atoms with E-state index in [-0.39, 0.29) is 16.7 Å². The second-order valence-corrected chi connectivity index (χ2v) is 5.26. The summed E-state index contributed by atoms with van der Waals surface area (Å²) in [7, 11) is 0. The number of nitro groups is 1. The lowest BCUT2D eigenvalue weighted by molar-refractivity contribution is -0.385. The summed E-state index contributed by atoms with van der Waals surface area (Å²) >= 11 is 0. The normalized spacial score (nSPS) is 17.9. The van der Waals surface area contributed by atoms with Crippen LogP contribution in [0.15, 0.2) is 48.5 Å². The van der Waals surface area contributed by atoms with Gasteiger partial charge in [-0.15, -0.1) is 0 Å². The quantitative estimate of drug-likeness (QED) is 0.684. The molecule has 2 aromatic rings. The Labute approximate surface area is 117 Å². The van der Waals surface area contributed by atoms with E-state index in [1.54, 1.807) is 12.1 Å². The molecule has 0 aliphatic heterocycles. The van der Waals surface area contributed by atoms with E-state index in [0.29, 0.717) is 12.3 Å². The van der Waals surface area contributed by atoms with Gasteiger partial charge in [0.1, 0.15) is 0 Å². The van der Waals surface area contributed by atoms with Gasteiger partial charge < -0.3 is 5.73 Å². The van der Waals surface area contributed by atoms with Crippen LogP contribution in [0, 0.1) is 10.1 Å². The van der Waals surface area contributed by atoms with Crippen LogP contribution >= 0.6 is 0 Å². The van der Waals surface area contributed by atoms with Gasteiger partial charge in [-0.05, 0) is 24.0 Å². The number of hydrogen-bond donors (Lipinski definition) is 1. The summed E-state index contributed by atoms with van der Waals surface area (Å²) in [5, 5.41) is 11.0. The molecule has 2 N–H and O–H groups in total. The Kier molecular flexibility index (Phi) is 3.24. The Morgan fingerprint density at radius 2 is 1.90 bits per heavy atom. The van der Waals surface area contributed by atoms with Gasteiger partial charge in [0.25, 0.3) is 5.69 Å². The van der Waals surface area contributed by atoms with E-state index in [2.05, 4.69) is 12.1 Å². The summed E-state index contributed by atoms with van der Waals surface area (Å²) in [6.07, 6.45) is 1.51. The predicted molar refractivity (Wildman–Crippen MR) is 77.7 cm³/mol. The molecule has 4 heteroatoms. The van der Waals surface area contributed by atoms with E-state index in [0.717, 1.165) is 12.0 Å². The smallest absolute Gasteiger partial charge is 0.272 e. The van der Waals surface area contributed by atoms with E-state index in [1.807, 2.05) is 18.2 Å². The fourth-order valence-corrected chi connectivity index (χ4v) is 2.94. The summed E-state index contributed by atoms with van der Waals surface area (Å²) in [5.74, 6) is 0.311. The van der Waals surface area contributed by atoms with Gasteiger partial charge in [0.2, 0.25) is 0 Å². The number of nitrogens with two attached hydrogens (primary N) is 1. The zero-order valence-electron chi connectivity index (χ0n) is 11.0. The molecule has 1 aliphatic rings. The Balaban J connectivity index is 1.78. The first-order chi connectivity index (χ1) is 9.66. The Bertz CT molecular complexity index is 654. The maximum Gasteiger partial charge on any atom is 0.272 e. The summed E-state index contributed by atoms with van der Waals surface area (Å²) < 4.78 is 0. The number of nitrogens with zero attached hydrogens (tertiary/aromatic N) is 1. The van der Waals surface area contributed by atoms with Crippen LogP contribution in [-0.4, -0.2) is 11.0 Å². The molecular weight excluding hydrogens is 252 g/mol. The lowest BCUT2D eigenvalue weighted by Gasteiger charge is -2.34. The molecular formula is C16H16N2O2. The van der Waals surface area contributed by atoms with Gasteiger partial charge in [-0.3, -0.25) is 10.1 Å². The van der Waals surface area contributed by atoms with E-state index in [1.165, 1.54) is 17.2 Å². The van der Waals surface area contributed by atoms with E-state index in [9.17, 15) is 10.1 Å². The van der Waals surface area contributed by atoms with Crippen LogP contribution in [-0.2, 0) is 12.8 Å². The molecule has 0 fully saturated rings. The zero-order valence-corrected chi connectivity index (χ0v) is 11.0. The van der Waals surface area contributed by atoms with Crippen molar-refractivity contribution < 1.29 is 4.92 Å². The SMILES string of the molecule is NC(Cc1ccccc1[N+](=O)[O-])C1Cc2ccccc21. The lowest BCUT2D eigenvalue weighted by Crippen LogP contribution is -2.37. The first kappa shape index (κ1) is 12.8. The first-order valence-electron chi connectivity index (χ1n) is 6.72. The van der Waals surface area contributed by atoms with Crippen molar-refractivity contribution in [3.05, 3.63) is 75.3 Å². The molecule has 0 aromatic heterocycles. The number of benzene rings is 2. The average molecular weight is 268 g/mol. The number of nitro benzene ring substituents is 1. The standard InChI is InChI=1S/C16H16N2O2/c17-15(14-9-11-5-1-3-7-13(11)14)10-12-6-2-4-8-16(12)18(19)20/h1-8,14-15H,9-10,17H2. The number of hydrogen-bond acceptors (Lipinski definition) is 3. The van der Waals surface area contributed by atoms with Crippen molar-refractivity contribution in [2.45, 2.75) is 24.8 Å². The largest absolute Gasteiger partial charge is 0.327 e. The third kappa shape index (κ3) is 2.18. The van der Waals surface area contributed by atoms with Crippen molar-refractivity contribution in [2.24, 2.45) is 5.73 Å². The van der Waals surface area contributed by atoms with Gasteiger partial charge in [0, 0.05) is 23.6 Å². The maximum atomic E-state index is 11.0. The van der Waals surface area contributed by atoms with E-state index in [4.69, 9.17) is 5.73 Å². The van der Waals surface area contributed by atoms with Crippen molar-refractivity contribution in [1.29, 1.82) is 0 Å². The fraction of sp³-hybridized carbons (Fsp3) is 0.250. The highest BCUT2D eigenvalue weighted by Gasteiger charge is 2.31. The molecule has 0 spiro atoms. The molecule has 1 aliphatic carbocycles. The zero-order chi connectivity index (χ0) is 14.1. The minimum absolute atomic E-state index is 0.0778. The van der Waals surface area contributed by atoms with Crippen molar-refractivity contribution in [3.8, 4) is 0 Å². The molecule has 3 rings (SSSR count). The molecule has 2 unspecified atom stereocenters. The highest BCUT2D eigenvalue weighted by molar-refractivity contribution is 5.44. The summed E-state index contributed by atoms with van der Waals surface area (Å²) in [6, 6.07) is 15.0. The molecule has 0 saturated heterocycles. The number of para-hydroxylation sites is 1. The summed E-state index contributed by atoms with van der Waals surface area (Å²) in [6.45, 7) is 0. The molecule has 0 heterocycles. The second-order valence-electron chi connectivity index (χ2n) is 5.26. The molecule has 20 heavy (non-hydrogen) atoms. The van der Waals surface area contributed by atoms with Gasteiger partial charge >= 0.3 is 0 Å².